The number of urea groups is 1. The zero-order valence-corrected chi connectivity index (χ0v) is 16.3. The van der Waals surface area contributed by atoms with E-state index in [1.807, 2.05) is 0 Å². The molecule has 0 radical (unpaired) electrons. The Bertz CT molecular complexity index is 1190. The maximum Gasteiger partial charge on any atom is 0.325 e. The number of rotatable bonds is 4. The van der Waals surface area contributed by atoms with Crippen molar-refractivity contribution in [3.63, 3.8) is 0 Å². The SMILES string of the molecule is O=C(CN1CCN(c2cccc3c2cnn3-c2ccccc2F)C1=O)N1CC(F)(F)C1. The molecule has 1 aromatic heterocycles. The first-order valence-electron chi connectivity index (χ1n) is 9.78. The molecule has 3 aromatic rings. The second-order valence-electron chi connectivity index (χ2n) is 7.68. The molecule has 2 aliphatic rings. The third-order valence-corrected chi connectivity index (χ3v) is 5.58. The fourth-order valence-corrected chi connectivity index (χ4v) is 3.99. The van der Waals surface area contributed by atoms with E-state index in [1.54, 1.807) is 42.6 Å². The normalized spacial score (nSPS) is 18.0. The summed E-state index contributed by atoms with van der Waals surface area (Å²) in [6, 6.07) is 11.2. The van der Waals surface area contributed by atoms with Crippen molar-refractivity contribution in [3.05, 3.63) is 54.5 Å². The Balaban J connectivity index is 1.38. The molecule has 2 saturated heterocycles. The molecule has 3 amide bonds. The number of amides is 3. The van der Waals surface area contributed by atoms with Crippen LogP contribution in [0.4, 0.5) is 23.7 Å². The minimum Gasteiger partial charge on any atom is -0.329 e. The van der Waals surface area contributed by atoms with Gasteiger partial charge in [0.25, 0.3) is 5.92 Å². The molecular formula is C21H18F3N5O2. The summed E-state index contributed by atoms with van der Waals surface area (Å²) >= 11 is 0. The lowest BCUT2D eigenvalue weighted by atomic mass is 10.1. The summed E-state index contributed by atoms with van der Waals surface area (Å²) in [6.07, 6.45) is 1.57. The van der Waals surface area contributed by atoms with Crippen LogP contribution in [0.5, 0.6) is 0 Å². The fourth-order valence-electron chi connectivity index (χ4n) is 3.99. The van der Waals surface area contributed by atoms with E-state index in [-0.39, 0.29) is 12.6 Å². The highest BCUT2D eigenvalue weighted by molar-refractivity contribution is 6.04. The quantitative estimate of drug-likeness (QED) is 0.641. The van der Waals surface area contributed by atoms with Gasteiger partial charge in [-0.2, -0.15) is 5.10 Å². The molecule has 2 aromatic carbocycles. The maximum atomic E-state index is 14.2. The molecule has 31 heavy (non-hydrogen) atoms. The number of carbonyl (C=O) groups is 2. The van der Waals surface area contributed by atoms with E-state index in [0.717, 1.165) is 4.90 Å². The van der Waals surface area contributed by atoms with Gasteiger partial charge in [0.15, 0.2) is 0 Å². The molecule has 0 bridgehead atoms. The van der Waals surface area contributed by atoms with Crippen molar-refractivity contribution >= 4 is 28.5 Å². The number of nitrogens with zero attached hydrogens (tertiary/aromatic N) is 5. The first-order chi connectivity index (χ1) is 14.8. The van der Waals surface area contributed by atoms with Gasteiger partial charge in [-0.25, -0.2) is 22.6 Å². The molecule has 2 aliphatic heterocycles. The molecule has 2 fully saturated rings. The van der Waals surface area contributed by atoms with Gasteiger partial charge in [0.05, 0.1) is 30.5 Å². The summed E-state index contributed by atoms with van der Waals surface area (Å²) in [5, 5.41) is 4.96. The zero-order chi connectivity index (χ0) is 21.8. The smallest absolute Gasteiger partial charge is 0.325 e. The number of alkyl halides is 2. The third kappa shape index (κ3) is 3.28. The van der Waals surface area contributed by atoms with Crippen LogP contribution in [0.15, 0.2) is 48.7 Å². The predicted molar refractivity (Wildman–Crippen MR) is 107 cm³/mol. The van der Waals surface area contributed by atoms with Gasteiger partial charge in [-0.15, -0.1) is 0 Å². The minimum absolute atomic E-state index is 0.240. The van der Waals surface area contributed by atoms with E-state index in [2.05, 4.69) is 5.10 Å². The molecule has 0 unspecified atom stereocenters. The Hall–Kier alpha value is -3.56. The molecular weight excluding hydrogens is 411 g/mol. The standard InChI is InChI=1S/C21H18F3N5O2/c22-15-4-1-2-5-18(15)29-17-7-3-6-16(14(17)10-25-29)28-9-8-26(20(28)31)11-19(30)27-12-21(23,24)13-27/h1-7,10H,8-9,11-13H2. The Labute approximate surface area is 175 Å². The number of likely N-dealkylation sites (tertiary alicyclic amines) is 1. The van der Waals surface area contributed by atoms with Gasteiger partial charge in [0.1, 0.15) is 18.0 Å². The van der Waals surface area contributed by atoms with Crippen LogP contribution in [0.25, 0.3) is 16.6 Å². The zero-order valence-electron chi connectivity index (χ0n) is 16.3. The van der Waals surface area contributed by atoms with Crippen molar-refractivity contribution in [3.8, 4) is 5.69 Å². The van der Waals surface area contributed by atoms with E-state index in [1.165, 1.54) is 20.5 Å². The number of hydrogen-bond donors (Lipinski definition) is 0. The maximum absolute atomic E-state index is 14.2. The number of benzene rings is 2. The van der Waals surface area contributed by atoms with E-state index in [0.29, 0.717) is 35.4 Å². The van der Waals surface area contributed by atoms with Gasteiger partial charge in [-0.1, -0.05) is 18.2 Å². The predicted octanol–water partition coefficient (Wildman–Crippen LogP) is 2.88. The summed E-state index contributed by atoms with van der Waals surface area (Å²) in [7, 11) is 0. The van der Waals surface area contributed by atoms with Gasteiger partial charge < -0.3 is 9.80 Å². The highest BCUT2D eigenvalue weighted by atomic mass is 19.3. The fraction of sp³-hybridized carbons (Fsp3) is 0.286. The van der Waals surface area contributed by atoms with Crippen molar-refractivity contribution in [2.45, 2.75) is 5.92 Å². The number of anilines is 1. The van der Waals surface area contributed by atoms with Crippen molar-refractivity contribution in [2.24, 2.45) is 0 Å². The average Bonchev–Trinajstić information content (AvgIpc) is 3.30. The second kappa shape index (κ2) is 7.00. The number of fused-ring (bicyclic) bond motifs is 1. The minimum atomic E-state index is -2.84. The van der Waals surface area contributed by atoms with Crippen LogP contribution >= 0.6 is 0 Å². The summed E-state index contributed by atoms with van der Waals surface area (Å²) in [4.78, 5) is 29.0. The first-order valence-corrected chi connectivity index (χ1v) is 9.78. The number of carbonyl (C=O) groups excluding carboxylic acids is 2. The molecule has 0 aliphatic carbocycles. The van der Waals surface area contributed by atoms with Crippen LogP contribution in [0, 0.1) is 5.82 Å². The molecule has 160 valence electrons. The summed E-state index contributed by atoms with van der Waals surface area (Å²) in [5.74, 6) is -3.76. The second-order valence-corrected chi connectivity index (χ2v) is 7.68. The van der Waals surface area contributed by atoms with Crippen LogP contribution < -0.4 is 4.90 Å². The van der Waals surface area contributed by atoms with E-state index in [9.17, 15) is 22.8 Å². The summed E-state index contributed by atoms with van der Waals surface area (Å²) in [5.41, 5.74) is 1.52. The van der Waals surface area contributed by atoms with Gasteiger partial charge in [0, 0.05) is 18.5 Å². The Morgan fingerprint density at radius 2 is 1.77 bits per heavy atom. The summed E-state index contributed by atoms with van der Waals surface area (Å²) < 4.78 is 41.7. The van der Waals surface area contributed by atoms with Crippen LogP contribution in [0.3, 0.4) is 0 Å². The molecule has 0 saturated carbocycles. The van der Waals surface area contributed by atoms with Crippen LogP contribution in [-0.4, -0.2) is 70.2 Å². The van der Waals surface area contributed by atoms with Crippen molar-refractivity contribution < 1.29 is 22.8 Å². The van der Waals surface area contributed by atoms with Crippen molar-refractivity contribution in [1.29, 1.82) is 0 Å². The molecule has 0 atom stereocenters. The van der Waals surface area contributed by atoms with E-state index >= 15 is 0 Å². The Morgan fingerprint density at radius 1 is 1.03 bits per heavy atom. The Morgan fingerprint density at radius 3 is 2.52 bits per heavy atom. The monoisotopic (exact) mass is 429 g/mol. The third-order valence-electron chi connectivity index (χ3n) is 5.58. The number of hydrogen-bond acceptors (Lipinski definition) is 3. The van der Waals surface area contributed by atoms with E-state index in [4.69, 9.17) is 0 Å². The van der Waals surface area contributed by atoms with E-state index < -0.39 is 30.7 Å². The van der Waals surface area contributed by atoms with Crippen molar-refractivity contribution in [2.75, 3.05) is 37.6 Å². The van der Waals surface area contributed by atoms with Crippen molar-refractivity contribution in [1.82, 2.24) is 19.6 Å². The van der Waals surface area contributed by atoms with Gasteiger partial charge >= 0.3 is 6.03 Å². The topological polar surface area (TPSA) is 61.7 Å². The van der Waals surface area contributed by atoms with Crippen LogP contribution in [0.1, 0.15) is 0 Å². The molecule has 0 spiro atoms. The molecule has 3 heterocycles. The average molecular weight is 429 g/mol. The van der Waals surface area contributed by atoms with Gasteiger partial charge in [-0.3, -0.25) is 9.69 Å². The molecule has 0 N–H and O–H groups in total. The molecule has 5 rings (SSSR count). The number of aromatic nitrogens is 2. The van der Waals surface area contributed by atoms with Gasteiger partial charge in [0.2, 0.25) is 5.91 Å². The van der Waals surface area contributed by atoms with Gasteiger partial charge in [-0.05, 0) is 24.3 Å². The lowest BCUT2D eigenvalue weighted by Crippen LogP contribution is -2.60. The highest BCUT2D eigenvalue weighted by Gasteiger charge is 2.47. The lowest BCUT2D eigenvalue weighted by molar-refractivity contribution is -0.165. The molecule has 10 heteroatoms. The Kier molecular flexibility index (Phi) is 4.38. The highest BCUT2D eigenvalue weighted by Crippen LogP contribution is 2.31. The number of halogens is 3. The largest absolute Gasteiger partial charge is 0.329 e. The summed E-state index contributed by atoms with van der Waals surface area (Å²) in [6.45, 7) is -0.812. The van der Waals surface area contributed by atoms with Crippen LogP contribution in [0.2, 0.25) is 0 Å². The lowest BCUT2D eigenvalue weighted by Gasteiger charge is -2.39. The number of para-hydroxylation sites is 1. The van der Waals surface area contributed by atoms with Crippen LogP contribution in [-0.2, 0) is 4.79 Å². The molecule has 7 nitrogen and oxygen atoms in total. The first kappa shape index (κ1) is 19.4.